The molecule has 0 aliphatic rings. The number of hydrogen-bond donors (Lipinski definition) is 1. The minimum Gasteiger partial charge on any atom is -0.382 e. The van der Waals surface area contributed by atoms with E-state index in [1.807, 2.05) is 24.3 Å². The summed E-state index contributed by atoms with van der Waals surface area (Å²) in [6.45, 7) is 1.68. The van der Waals surface area contributed by atoms with Gasteiger partial charge in [-0.3, -0.25) is 0 Å². The number of rotatable bonds is 5. The molecular formula is C15H16Cl2N2. The van der Waals surface area contributed by atoms with Crippen LogP contribution in [0.3, 0.4) is 0 Å². The monoisotopic (exact) mass is 294 g/mol. The van der Waals surface area contributed by atoms with Crippen LogP contribution in [0.15, 0.2) is 48.5 Å². The predicted octanol–water partition coefficient (Wildman–Crippen LogP) is 4.54. The lowest BCUT2D eigenvalue weighted by Gasteiger charge is -2.20. The van der Waals surface area contributed by atoms with Crippen LogP contribution < -0.4 is 10.2 Å². The topological polar surface area (TPSA) is 15.3 Å². The van der Waals surface area contributed by atoms with Crippen LogP contribution in [0.5, 0.6) is 0 Å². The number of benzene rings is 2. The number of halogens is 2. The molecule has 0 saturated carbocycles. The number of nitrogens with one attached hydrogen (secondary N) is 1. The average Bonchev–Trinajstić information content (AvgIpc) is 2.43. The van der Waals surface area contributed by atoms with E-state index >= 15 is 0 Å². The van der Waals surface area contributed by atoms with Crippen molar-refractivity contribution in [2.45, 2.75) is 0 Å². The maximum Gasteiger partial charge on any atom is 0.0638 e. The third-order valence-electron chi connectivity index (χ3n) is 2.89. The largest absolute Gasteiger partial charge is 0.382 e. The van der Waals surface area contributed by atoms with E-state index < -0.39 is 0 Å². The number of hydrogen-bond acceptors (Lipinski definition) is 2. The molecule has 100 valence electrons. The summed E-state index contributed by atoms with van der Waals surface area (Å²) < 4.78 is 0. The van der Waals surface area contributed by atoms with E-state index in [-0.39, 0.29) is 0 Å². The summed E-state index contributed by atoms with van der Waals surface area (Å²) in [7, 11) is 2.07. The Kier molecular flexibility index (Phi) is 4.94. The summed E-state index contributed by atoms with van der Waals surface area (Å²) in [4.78, 5) is 2.19. The third kappa shape index (κ3) is 4.05. The SMILES string of the molecule is CN(CCNc1cc(Cl)ccc1Cl)c1ccccc1. The molecule has 0 aliphatic carbocycles. The lowest BCUT2D eigenvalue weighted by atomic mass is 10.3. The molecule has 0 amide bonds. The highest BCUT2D eigenvalue weighted by molar-refractivity contribution is 6.35. The fourth-order valence-corrected chi connectivity index (χ4v) is 2.16. The van der Waals surface area contributed by atoms with Gasteiger partial charge in [0.1, 0.15) is 0 Å². The highest BCUT2D eigenvalue weighted by Gasteiger charge is 2.02. The number of likely N-dealkylation sites (N-methyl/N-ethyl adjacent to an activating group) is 1. The Morgan fingerprint density at radius 2 is 1.79 bits per heavy atom. The molecule has 0 aromatic heterocycles. The minimum absolute atomic E-state index is 0.684. The first-order chi connectivity index (χ1) is 9.16. The van der Waals surface area contributed by atoms with E-state index in [2.05, 4.69) is 29.4 Å². The van der Waals surface area contributed by atoms with Crippen molar-refractivity contribution in [1.29, 1.82) is 0 Å². The molecule has 0 unspecified atom stereocenters. The normalized spacial score (nSPS) is 10.3. The Hall–Kier alpha value is -1.38. The smallest absolute Gasteiger partial charge is 0.0638 e. The summed E-state index contributed by atoms with van der Waals surface area (Å²) in [6.07, 6.45) is 0. The molecule has 4 heteroatoms. The van der Waals surface area contributed by atoms with Crippen molar-refractivity contribution in [3.8, 4) is 0 Å². The van der Waals surface area contributed by atoms with Crippen molar-refractivity contribution in [3.63, 3.8) is 0 Å². The Bertz CT molecular complexity index is 529. The van der Waals surface area contributed by atoms with Crippen LogP contribution in [0, 0.1) is 0 Å². The fraction of sp³-hybridized carbons (Fsp3) is 0.200. The summed E-state index contributed by atoms with van der Waals surface area (Å²) in [5, 5.41) is 4.67. The zero-order chi connectivity index (χ0) is 13.7. The number of para-hydroxylation sites is 1. The Morgan fingerprint density at radius 3 is 2.53 bits per heavy atom. The second-order valence-corrected chi connectivity index (χ2v) is 5.15. The van der Waals surface area contributed by atoms with Gasteiger partial charge in [0, 0.05) is 30.8 Å². The molecule has 2 rings (SSSR count). The van der Waals surface area contributed by atoms with E-state index in [9.17, 15) is 0 Å². The highest BCUT2D eigenvalue weighted by Crippen LogP contribution is 2.25. The van der Waals surface area contributed by atoms with E-state index in [0.29, 0.717) is 10.0 Å². The van der Waals surface area contributed by atoms with Gasteiger partial charge in [-0.1, -0.05) is 41.4 Å². The number of nitrogens with zero attached hydrogens (tertiary/aromatic N) is 1. The van der Waals surface area contributed by atoms with Gasteiger partial charge in [0.15, 0.2) is 0 Å². The molecule has 0 bridgehead atoms. The molecule has 2 nitrogen and oxygen atoms in total. The summed E-state index contributed by atoms with van der Waals surface area (Å²) >= 11 is 12.0. The molecule has 1 N–H and O–H groups in total. The van der Waals surface area contributed by atoms with Crippen molar-refractivity contribution in [2.75, 3.05) is 30.4 Å². The summed E-state index contributed by atoms with van der Waals surface area (Å²) in [6, 6.07) is 15.7. The zero-order valence-electron chi connectivity index (χ0n) is 10.7. The molecule has 2 aromatic carbocycles. The lowest BCUT2D eigenvalue weighted by Crippen LogP contribution is -2.24. The molecule has 0 saturated heterocycles. The maximum absolute atomic E-state index is 6.09. The van der Waals surface area contributed by atoms with E-state index in [4.69, 9.17) is 23.2 Å². The van der Waals surface area contributed by atoms with E-state index in [1.54, 1.807) is 12.1 Å². The van der Waals surface area contributed by atoms with Crippen LogP contribution in [0.1, 0.15) is 0 Å². The van der Waals surface area contributed by atoms with Gasteiger partial charge in [0.05, 0.1) is 10.7 Å². The van der Waals surface area contributed by atoms with Crippen molar-refractivity contribution in [3.05, 3.63) is 58.6 Å². The second-order valence-electron chi connectivity index (χ2n) is 4.31. The van der Waals surface area contributed by atoms with Crippen molar-refractivity contribution >= 4 is 34.6 Å². The van der Waals surface area contributed by atoms with Crippen LogP contribution in [0.4, 0.5) is 11.4 Å². The maximum atomic E-state index is 6.09. The molecule has 0 fully saturated rings. The van der Waals surface area contributed by atoms with Gasteiger partial charge in [-0.15, -0.1) is 0 Å². The predicted molar refractivity (Wildman–Crippen MR) is 84.7 cm³/mol. The van der Waals surface area contributed by atoms with Gasteiger partial charge in [-0.05, 0) is 30.3 Å². The fourth-order valence-electron chi connectivity index (χ4n) is 1.80. The quantitative estimate of drug-likeness (QED) is 0.871. The van der Waals surface area contributed by atoms with Crippen molar-refractivity contribution in [1.82, 2.24) is 0 Å². The average molecular weight is 295 g/mol. The lowest BCUT2D eigenvalue weighted by molar-refractivity contribution is 0.915. The Balaban J connectivity index is 1.88. The Labute approximate surface area is 123 Å². The molecule has 0 aliphatic heterocycles. The first-order valence-electron chi connectivity index (χ1n) is 6.12. The first-order valence-corrected chi connectivity index (χ1v) is 6.87. The van der Waals surface area contributed by atoms with Gasteiger partial charge < -0.3 is 10.2 Å². The molecular weight excluding hydrogens is 279 g/mol. The molecule has 0 spiro atoms. The van der Waals surface area contributed by atoms with E-state index in [0.717, 1.165) is 18.8 Å². The third-order valence-corrected chi connectivity index (χ3v) is 3.45. The van der Waals surface area contributed by atoms with Crippen LogP contribution in [-0.2, 0) is 0 Å². The molecule has 0 heterocycles. The van der Waals surface area contributed by atoms with Crippen molar-refractivity contribution in [2.24, 2.45) is 0 Å². The first kappa shape index (κ1) is 14.0. The van der Waals surface area contributed by atoms with Crippen LogP contribution in [-0.4, -0.2) is 20.1 Å². The van der Waals surface area contributed by atoms with Crippen LogP contribution >= 0.6 is 23.2 Å². The zero-order valence-corrected chi connectivity index (χ0v) is 12.2. The van der Waals surface area contributed by atoms with Gasteiger partial charge >= 0.3 is 0 Å². The van der Waals surface area contributed by atoms with Crippen LogP contribution in [0.25, 0.3) is 0 Å². The van der Waals surface area contributed by atoms with Gasteiger partial charge in [-0.2, -0.15) is 0 Å². The molecule has 19 heavy (non-hydrogen) atoms. The minimum atomic E-state index is 0.684. The van der Waals surface area contributed by atoms with Crippen LogP contribution in [0.2, 0.25) is 10.0 Å². The van der Waals surface area contributed by atoms with Gasteiger partial charge in [-0.25, -0.2) is 0 Å². The van der Waals surface area contributed by atoms with Gasteiger partial charge in [0.2, 0.25) is 0 Å². The highest BCUT2D eigenvalue weighted by atomic mass is 35.5. The summed E-state index contributed by atoms with van der Waals surface area (Å²) in [5.74, 6) is 0. The molecule has 0 radical (unpaired) electrons. The molecule has 2 aromatic rings. The van der Waals surface area contributed by atoms with Crippen molar-refractivity contribution < 1.29 is 0 Å². The summed E-state index contributed by atoms with van der Waals surface area (Å²) in [5.41, 5.74) is 2.07. The van der Waals surface area contributed by atoms with Gasteiger partial charge in [0.25, 0.3) is 0 Å². The number of anilines is 2. The second kappa shape index (κ2) is 6.69. The molecule has 0 atom stereocenters. The standard InChI is InChI=1S/C15H16Cl2N2/c1-19(13-5-3-2-4-6-13)10-9-18-15-11-12(16)7-8-14(15)17/h2-8,11,18H,9-10H2,1H3. The van der Waals surface area contributed by atoms with E-state index in [1.165, 1.54) is 5.69 Å². The Morgan fingerprint density at radius 1 is 1.05 bits per heavy atom.